The molecule has 100 valence electrons. The Morgan fingerprint density at radius 3 is 2.94 bits per heavy atom. The van der Waals surface area contributed by atoms with E-state index in [-0.39, 0.29) is 12.4 Å². The lowest BCUT2D eigenvalue weighted by atomic mass is 10.1. The fourth-order valence-corrected chi connectivity index (χ4v) is 2.60. The fourth-order valence-electron chi connectivity index (χ4n) is 2.60. The minimum absolute atomic E-state index is 0.0110. The van der Waals surface area contributed by atoms with Gasteiger partial charge in [0.2, 0.25) is 5.76 Å². The lowest BCUT2D eigenvalue weighted by Crippen LogP contribution is -2.33. The van der Waals surface area contributed by atoms with Crippen LogP contribution in [0.2, 0.25) is 0 Å². The number of nitrogens with one attached hydrogen (secondary N) is 1. The van der Waals surface area contributed by atoms with Gasteiger partial charge in [-0.2, -0.15) is 0 Å². The number of carboxylic acid groups (broad SMARTS) is 1. The van der Waals surface area contributed by atoms with Gasteiger partial charge in [0.25, 0.3) is 0 Å². The van der Waals surface area contributed by atoms with Crippen LogP contribution >= 0.6 is 0 Å². The number of rotatable bonds is 5. The summed E-state index contributed by atoms with van der Waals surface area (Å²) >= 11 is 0. The van der Waals surface area contributed by atoms with Crippen molar-refractivity contribution in [3.05, 3.63) is 23.2 Å². The molecular formula is C13H19NO4. The van der Waals surface area contributed by atoms with Gasteiger partial charge in [0.15, 0.2) is 0 Å². The van der Waals surface area contributed by atoms with Crippen molar-refractivity contribution in [2.45, 2.75) is 38.8 Å². The Morgan fingerprint density at radius 1 is 1.56 bits per heavy atom. The minimum atomic E-state index is -1.03. The molecule has 3 N–H and O–H groups in total. The van der Waals surface area contributed by atoms with Crippen LogP contribution in [-0.4, -0.2) is 28.8 Å². The molecule has 0 spiro atoms. The fraction of sp³-hybridized carbons (Fsp3) is 0.615. The second kappa shape index (κ2) is 5.54. The summed E-state index contributed by atoms with van der Waals surface area (Å²) in [5, 5.41) is 21.4. The van der Waals surface area contributed by atoms with Crippen molar-refractivity contribution in [1.29, 1.82) is 0 Å². The summed E-state index contributed by atoms with van der Waals surface area (Å²) in [5.41, 5.74) is 0.643. The molecule has 1 heterocycles. The van der Waals surface area contributed by atoms with E-state index in [4.69, 9.17) is 9.52 Å². The Hall–Kier alpha value is -1.33. The number of aromatic carboxylic acids is 1. The van der Waals surface area contributed by atoms with E-state index >= 15 is 0 Å². The van der Waals surface area contributed by atoms with Crippen LogP contribution in [-0.2, 0) is 6.54 Å². The average Bonchev–Trinajstić information content (AvgIpc) is 2.92. The second-order valence-electron chi connectivity index (χ2n) is 4.89. The van der Waals surface area contributed by atoms with Gasteiger partial charge < -0.3 is 19.9 Å². The van der Waals surface area contributed by atoms with Crippen molar-refractivity contribution in [3.8, 4) is 0 Å². The first kappa shape index (κ1) is 13.1. The molecule has 2 unspecified atom stereocenters. The van der Waals surface area contributed by atoms with Crippen LogP contribution < -0.4 is 5.32 Å². The third-order valence-corrected chi connectivity index (χ3v) is 3.60. The van der Waals surface area contributed by atoms with Crippen LogP contribution in [0.25, 0.3) is 0 Å². The maximum atomic E-state index is 10.8. The Balaban J connectivity index is 1.94. The van der Waals surface area contributed by atoms with Crippen LogP contribution in [0.3, 0.4) is 0 Å². The molecular weight excluding hydrogens is 234 g/mol. The molecule has 5 nitrogen and oxygen atoms in total. The number of hydrogen-bond acceptors (Lipinski definition) is 4. The molecule has 0 saturated heterocycles. The van der Waals surface area contributed by atoms with Crippen LogP contribution in [0.5, 0.6) is 0 Å². The zero-order valence-corrected chi connectivity index (χ0v) is 10.5. The molecule has 1 aromatic rings. The van der Waals surface area contributed by atoms with Gasteiger partial charge >= 0.3 is 5.97 Å². The molecule has 1 aliphatic carbocycles. The average molecular weight is 253 g/mol. The highest BCUT2D eigenvalue weighted by molar-refractivity contribution is 5.86. The Kier molecular flexibility index (Phi) is 4.04. The molecule has 0 bridgehead atoms. The highest BCUT2D eigenvalue weighted by Crippen LogP contribution is 2.25. The monoisotopic (exact) mass is 253 g/mol. The van der Waals surface area contributed by atoms with Gasteiger partial charge in [-0.1, -0.05) is 6.42 Å². The predicted octanol–water partition coefficient (Wildman–Crippen LogP) is 1.54. The molecule has 1 aromatic heterocycles. The summed E-state index contributed by atoms with van der Waals surface area (Å²) < 4.78 is 5.28. The molecule has 1 saturated carbocycles. The predicted molar refractivity (Wildman–Crippen MR) is 65.5 cm³/mol. The van der Waals surface area contributed by atoms with E-state index in [0.29, 0.717) is 29.8 Å². The summed E-state index contributed by atoms with van der Waals surface area (Å²) in [7, 11) is 0. The van der Waals surface area contributed by atoms with Gasteiger partial charge in [0.1, 0.15) is 5.76 Å². The van der Waals surface area contributed by atoms with E-state index in [1.54, 1.807) is 13.0 Å². The van der Waals surface area contributed by atoms with Gasteiger partial charge in [0.05, 0.1) is 6.54 Å². The highest BCUT2D eigenvalue weighted by Gasteiger charge is 2.26. The van der Waals surface area contributed by atoms with Crippen molar-refractivity contribution >= 4 is 5.97 Å². The molecule has 18 heavy (non-hydrogen) atoms. The van der Waals surface area contributed by atoms with Gasteiger partial charge in [0, 0.05) is 18.2 Å². The van der Waals surface area contributed by atoms with E-state index in [1.807, 2.05) is 0 Å². The summed E-state index contributed by atoms with van der Waals surface area (Å²) in [5.74, 6) is -0.0849. The first-order valence-electron chi connectivity index (χ1n) is 6.28. The van der Waals surface area contributed by atoms with E-state index in [2.05, 4.69) is 5.32 Å². The maximum Gasteiger partial charge on any atom is 0.372 e. The number of aliphatic hydroxyl groups is 1. The number of carbonyl (C=O) groups is 1. The van der Waals surface area contributed by atoms with Crippen molar-refractivity contribution in [2.75, 3.05) is 6.61 Å². The first-order chi connectivity index (χ1) is 8.61. The third-order valence-electron chi connectivity index (χ3n) is 3.60. The molecule has 0 aliphatic heterocycles. The maximum absolute atomic E-state index is 10.8. The van der Waals surface area contributed by atoms with Gasteiger partial charge in [-0.15, -0.1) is 0 Å². The Bertz CT molecular complexity index is 427. The molecule has 2 rings (SSSR count). The van der Waals surface area contributed by atoms with E-state index in [9.17, 15) is 9.90 Å². The SMILES string of the molecule is Cc1cc(CNC2CCCC2CO)oc1C(=O)O. The van der Waals surface area contributed by atoms with Crippen molar-refractivity contribution in [2.24, 2.45) is 5.92 Å². The molecule has 5 heteroatoms. The van der Waals surface area contributed by atoms with Crippen molar-refractivity contribution in [1.82, 2.24) is 5.32 Å². The summed E-state index contributed by atoms with van der Waals surface area (Å²) in [4.78, 5) is 10.8. The van der Waals surface area contributed by atoms with E-state index < -0.39 is 5.97 Å². The summed E-state index contributed by atoms with van der Waals surface area (Å²) in [6, 6.07) is 2.05. The number of aliphatic hydroxyl groups excluding tert-OH is 1. The van der Waals surface area contributed by atoms with Crippen LogP contribution in [0.4, 0.5) is 0 Å². The Labute approximate surface area is 106 Å². The number of hydrogen-bond donors (Lipinski definition) is 3. The highest BCUT2D eigenvalue weighted by atomic mass is 16.4. The molecule has 2 atom stereocenters. The molecule has 0 radical (unpaired) electrons. The lowest BCUT2D eigenvalue weighted by Gasteiger charge is -2.18. The zero-order valence-electron chi connectivity index (χ0n) is 10.5. The van der Waals surface area contributed by atoms with Gasteiger partial charge in [-0.25, -0.2) is 4.79 Å². The van der Waals surface area contributed by atoms with E-state index in [0.717, 1.165) is 19.3 Å². The van der Waals surface area contributed by atoms with Crippen LogP contribution in [0.1, 0.15) is 41.1 Å². The molecule has 0 amide bonds. The smallest absolute Gasteiger partial charge is 0.372 e. The number of furan rings is 1. The van der Waals surface area contributed by atoms with Crippen LogP contribution in [0.15, 0.2) is 10.5 Å². The van der Waals surface area contributed by atoms with Crippen molar-refractivity contribution in [3.63, 3.8) is 0 Å². The standard InChI is InChI=1S/C13H19NO4/c1-8-5-10(18-12(8)13(16)17)6-14-11-4-2-3-9(11)7-15/h5,9,11,14-15H,2-4,6-7H2,1H3,(H,16,17). The van der Waals surface area contributed by atoms with Crippen molar-refractivity contribution < 1.29 is 19.4 Å². The third kappa shape index (κ3) is 2.73. The quantitative estimate of drug-likeness (QED) is 0.741. The molecule has 1 fully saturated rings. The lowest BCUT2D eigenvalue weighted by molar-refractivity contribution is 0.0659. The summed E-state index contributed by atoms with van der Waals surface area (Å²) in [6.45, 7) is 2.44. The first-order valence-corrected chi connectivity index (χ1v) is 6.28. The van der Waals surface area contributed by atoms with Gasteiger partial charge in [-0.3, -0.25) is 0 Å². The second-order valence-corrected chi connectivity index (χ2v) is 4.89. The normalized spacial score (nSPS) is 23.4. The Morgan fingerprint density at radius 2 is 2.33 bits per heavy atom. The summed E-state index contributed by atoms with van der Waals surface area (Å²) in [6.07, 6.45) is 3.23. The van der Waals surface area contributed by atoms with E-state index in [1.165, 1.54) is 0 Å². The minimum Gasteiger partial charge on any atom is -0.475 e. The number of carboxylic acids is 1. The van der Waals surface area contributed by atoms with Gasteiger partial charge in [-0.05, 0) is 31.7 Å². The topological polar surface area (TPSA) is 82.7 Å². The largest absolute Gasteiger partial charge is 0.475 e. The molecule has 1 aliphatic rings. The van der Waals surface area contributed by atoms with Crippen LogP contribution in [0, 0.1) is 12.8 Å². The molecule has 0 aromatic carbocycles. The number of aryl methyl sites for hydroxylation is 1. The zero-order chi connectivity index (χ0) is 13.1.